The molecular formula is C10H14N2O4. The minimum absolute atomic E-state index is 0.00885. The van der Waals surface area contributed by atoms with E-state index in [0.29, 0.717) is 6.42 Å². The predicted octanol–water partition coefficient (Wildman–Crippen LogP) is 0.904. The Balaban J connectivity index is 2.69. The number of hydrogen-bond acceptors (Lipinski definition) is 4. The second-order valence-corrected chi connectivity index (χ2v) is 3.55. The van der Waals surface area contributed by atoms with Crippen LogP contribution >= 0.6 is 0 Å². The molecule has 0 aliphatic carbocycles. The monoisotopic (exact) mass is 226 g/mol. The van der Waals surface area contributed by atoms with Crippen molar-refractivity contribution < 1.29 is 19.2 Å². The first-order chi connectivity index (χ1) is 7.56. The van der Waals surface area contributed by atoms with E-state index in [-0.39, 0.29) is 11.7 Å². The summed E-state index contributed by atoms with van der Waals surface area (Å²) >= 11 is 0. The number of carboxylic acids is 1. The number of nitrogens with one attached hydrogen (secondary N) is 1. The molecule has 6 nitrogen and oxygen atoms in total. The number of aliphatic carboxylic acids is 1. The topological polar surface area (TPSA) is 92.4 Å². The van der Waals surface area contributed by atoms with Crippen LogP contribution in [0.1, 0.15) is 30.8 Å². The molecule has 1 heterocycles. The van der Waals surface area contributed by atoms with Crippen molar-refractivity contribution in [2.75, 3.05) is 0 Å². The van der Waals surface area contributed by atoms with Gasteiger partial charge in [-0.1, -0.05) is 25.4 Å². The number of amides is 1. The van der Waals surface area contributed by atoms with Gasteiger partial charge in [0.15, 0.2) is 0 Å². The molecule has 16 heavy (non-hydrogen) atoms. The van der Waals surface area contributed by atoms with E-state index in [1.165, 1.54) is 12.3 Å². The normalized spacial score (nSPS) is 14.1. The van der Waals surface area contributed by atoms with E-state index in [1.54, 1.807) is 6.92 Å². The smallest absolute Gasteiger partial charge is 0.326 e. The third-order valence-electron chi connectivity index (χ3n) is 2.43. The molecule has 1 aromatic heterocycles. The second-order valence-electron chi connectivity index (χ2n) is 3.55. The molecule has 0 aliphatic rings. The fourth-order valence-electron chi connectivity index (χ4n) is 1.23. The van der Waals surface area contributed by atoms with Crippen LogP contribution in [0.2, 0.25) is 0 Å². The number of rotatable bonds is 5. The van der Waals surface area contributed by atoms with Gasteiger partial charge in [-0.2, -0.15) is 0 Å². The van der Waals surface area contributed by atoms with Crippen LogP contribution in [0.25, 0.3) is 0 Å². The van der Waals surface area contributed by atoms with Gasteiger partial charge in [-0.3, -0.25) is 4.79 Å². The summed E-state index contributed by atoms with van der Waals surface area (Å²) in [4.78, 5) is 22.5. The number of nitrogens with zero attached hydrogens (tertiary/aromatic N) is 1. The van der Waals surface area contributed by atoms with E-state index in [1.807, 2.05) is 6.92 Å². The van der Waals surface area contributed by atoms with Crippen molar-refractivity contribution in [1.82, 2.24) is 10.5 Å². The highest BCUT2D eigenvalue weighted by Gasteiger charge is 2.26. The molecule has 88 valence electrons. The molecule has 2 atom stereocenters. The van der Waals surface area contributed by atoms with Crippen molar-refractivity contribution in [3.05, 3.63) is 18.0 Å². The molecule has 1 amide bonds. The first-order valence-electron chi connectivity index (χ1n) is 5.00. The van der Waals surface area contributed by atoms with Crippen LogP contribution in [-0.2, 0) is 4.79 Å². The van der Waals surface area contributed by atoms with Crippen LogP contribution in [-0.4, -0.2) is 28.2 Å². The van der Waals surface area contributed by atoms with E-state index in [0.717, 1.165) is 0 Å². The Hall–Kier alpha value is -1.85. The fourth-order valence-corrected chi connectivity index (χ4v) is 1.23. The highest BCUT2D eigenvalue weighted by atomic mass is 16.5. The van der Waals surface area contributed by atoms with Gasteiger partial charge in [0.2, 0.25) is 5.76 Å². The quantitative estimate of drug-likeness (QED) is 0.778. The summed E-state index contributed by atoms with van der Waals surface area (Å²) < 4.78 is 4.63. The second kappa shape index (κ2) is 5.29. The van der Waals surface area contributed by atoms with E-state index in [2.05, 4.69) is 15.0 Å². The van der Waals surface area contributed by atoms with Crippen LogP contribution in [0.4, 0.5) is 0 Å². The summed E-state index contributed by atoms with van der Waals surface area (Å²) in [5.41, 5.74) is 0. The fraction of sp³-hybridized carbons (Fsp3) is 0.500. The van der Waals surface area contributed by atoms with Crippen molar-refractivity contribution in [1.29, 1.82) is 0 Å². The van der Waals surface area contributed by atoms with E-state index in [4.69, 9.17) is 5.11 Å². The van der Waals surface area contributed by atoms with Gasteiger partial charge in [0, 0.05) is 6.07 Å². The molecular weight excluding hydrogens is 212 g/mol. The maximum absolute atomic E-state index is 11.5. The highest BCUT2D eigenvalue weighted by molar-refractivity contribution is 5.94. The number of hydrogen-bond donors (Lipinski definition) is 2. The molecule has 0 spiro atoms. The van der Waals surface area contributed by atoms with Crippen molar-refractivity contribution >= 4 is 11.9 Å². The van der Waals surface area contributed by atoms with Gasteiger partial charge in [-0.25, -0.2) is 4.79 Å². The summed E-state index contributed by atoms with van der Waals surface area (Å²) in [5, 5.41) is 14.7. The van der Waals surface area contributed by atoms with Crippen molar-refractivity contribution in [2.24, 2.45) is 5.92 Å². The molecule has 1 unspecified atom stereocenters. The Labute approximate surface area is 92.6 Å². The van der Waals surface area contributed by atoms with Gasteiger partial charge in [0.05, 0.1) is 6.20 Å². The van der Waals surface area contributed by atoms with Crippen LogP contribution < -0.4 is 5.32 Å². The lowest BCUT2D eigenvalue weighted by Gasteiger charge is -2.19. The summed E-state index contributed by atoms with van der Waals surface area (Å²) in [6.07, 6.45) is 1.99. The Morgan fingerprint density at radius 1 is 1.62 bits per heavy atom. The van der Waals surface area contributed by atoms with Crippen LogP contribution in [0.5, 0.6) is 0 Å². The lowest BCUT2D eigenvalue weighted by molar-refractivity contribution is -0.140. The van der Waals surface area contributed by atoms with Crippen LogP contribution in [0, 0.1) is 5.92 Å². The average molecular weight is 226 g/mol. The largest absolute Gasteiger partial charge is 0.480 e. The Bertz CT molecular complexity index is 361. The standard InChI is InChI=1S/C10H14N2O4/c1-3-6(2)8(10(14)15)12-9(13)7-4-5-11-16-7/h4-6,8H,3H2,1-2H3,(H,12,13)(H,14,15)/t6?,8-/m0/s1. The predicted molar refractivity (Wildman–Crippen MR) is 54.8 cm³/mol. The molecule has 0 aromatic carbocycles. The summed E-state index contributed by atoms with van der Waals surface area (Å²) in [6.45, 7) is 3.63. The minimum atomic E-state index is -1.05. The van der Waals surface area contributed by atoms with Crippen LogP contribution in [0.3, 0.4) is 0 Å². The SMILES string of the molecule is CCC(C)[C@H](NC(=O)c1ccno1)C(=O)O. The molecule has 2 N–H and O–H groups in total. The number of carboxylic acid groups (broad SMARTS) is 1. The maximum atomic E-state index is 11.5. The van der Waals surface area contributed by atoms with Gasteiger partial charge in [0.25, 0.3) is 5.91 Å². The minimum Gasteiger partial charge on any atom is -0.480 e. The molecule has 0 fully saturated rings. The molecule has 6 heteroatoms. The van der Waals surface area contributed by atoms with Crippen molar-refractivity contribution in [3.63, 3.8) is 0 Å². The van der Waals surface area contributed by atoms with Gasteiger partial charge in [-0.05, 0) is 5.92 Å². The van der Waals surface area contributed by atoms with E-state index >= 15 is 0 Å². The zero-order valence-corrected chi connectivity index (χ0v) is 9.14. The Morgan fingerprint density at radius 2 is 2.31 bits per heavy atom. The van der Waals surface area contributed by atoms with E-state index in [9.17, 15) is 9.59 Å². The Morgan fingerprint density at radius 3 is 2.75 bits per heavy atom. The van der Waals surface area contributed by atoms with Gasteiger partial charge < -0.3 is 14.9 Å². The molecule has 1 rings (SSSR count). The molecule has 0 saturated carbocycles. The molecule has 0 saturated heterocycles. The molecule has 0 aliphatic heterocycles. The summed E-state index contributed by atoms with van der Waals surface area (Å²) in [6, 6.07) is 0.466. The average Bonchev–Trinajstić information content (AvgIpc) is 2.77. The van der Waals surface area contributed by atoms with E-state index < -0.39 is 17.9 Å². The first kappa shape index (κ1) is 12.2. The zero-order chi connectivity index (χ0) is 12.1. The third kappa shape index (κ3) is 2.82. The molecule has 0 bridgehead atoms. The van der Waals surface area contributed by atoms with Gasteiger partial charge in [-0.15, -0.1) is 0 Å². The number of carbonyl (C=O) groups excluding carboxylic acids is 1. The highest BCUT2D eigenvalue weighted by Crippen LogP contribution is 2.09. The Kier molecular flexibility index (Phi) is 4.04. The number of aromatic nitrogens is 1. The third-order valence-corrected chi connectivity index (χ3v) is 2.43. The number of carbonyl (C=O) groups is 2. The van der Waals surface area contributed by atoms with Crippen molar-refractivity contribution in [2.45, 2.75) is 26.3 Å². The van der Waals surface area contributed by atoms with Crippen molar-refractivity contribution in [3.8, 4) is 0 Å². The zero-order valence-electron chi connectivity index (χ0n) is 9.14. The lowest BCUT2D eigenvalue weighted by Crippen LogP contribution is -2.44. The van der Waals surface area contributed by atoms with Crippen LogP contribution in [0.15, 0.2) is 16.8 Å². The molecule has 0 radical (unpaired) electrons. The maximum Gasteiger partial charge on any atom is 0.326 e. The van der Waals surface area contributed by atoms with Gasteiger partial charge in [0.1, 0.15) is 6.04 Å². The summed E-state index contributed by atoms with van der Waals surface area (Å²) in [7, 11) is 0. The molecule has 1 aromatic rings. The first-order valence-corrected chi connectivity index (χ1v) is 5.00. The van der Waals surface area contributed by atoms with Gasteiger partial charge >= 0.3 is 5.97 Å². The summed E-state index contributed by atoms with van der Waals surface area (Å²) in [5.74, 6) is -1.76. The lowest BCUT2D eigenvalue weighted by atomic mass is 9.99.